The quantitative estimate of drug-likeness (QED) is 0.567. The summed E-state index contributed by atoms with van der Waals surface area (Å²) in [7, 11) is 0. The van der Waals surface area contributed by atoms with E-state index in [4.69, 9.17) is 0 Å². The summed E-state index contributed by atoms with van der Waals surface area (Å²) in [6.45, 7) is 4.79. The highest BCUT2D eigenvalue weighted by molar-refractivity contribution is 5.97. The largest absolute Gasteiger partial charge is 0.369 e. The van der Waals surface area contributed by atoms with Gasteiger partial charge in [0, 0.05) is 47.7 Å². The molecule has 0 radical (unpaired) electrons. The maximum Gasteiger partial charge on any atom is 0.272 e. The number of fused-ring (bicyclic) bond motifs is 2. The van der Waals surface area contributed by atoms with Crippen molar-refractivity contribution in [1.29, 1.82) is 0 Å². The Labute approximate surface area is 223 Å². The molecule has 3 heterocycles. The maximum atomic E-state index is 13.4. The third-order valence-corrected chi connectivity index (χ3v) is 8.40. The van der Waals surface area contributed by atoms with Gasteiger partial charge in [-0.05, 0) is 88.1 Å². The van der Waals surface area contributed by atoms with Crippen molar-refractivity contribution in [3.63, 3.8) is 0 Å². The monoisotopic (exact) mass is 524 g/mol. The zero-order valence-corrected chi connectivity index (χ0v) is 22.4. The SMILES string of the molecule is CCN(c1cccc2c1C/C=C/CCc1cc(C)[nH]c(=O)c1CNC2=O)[C@H]1CC[C@@H](N2CC(F)(F)C2)CC1. The van der Waals surface area contributed by atoms with Gasteiger partial charge in [0.25, 0.3) is 17.4 Å². The molecule has 0 unspecified atom stereocenters. The predicted molar refractivity (Wildman–Crippen MR) is 146 cm³/mol. The highest BCUT2D eigenvalue weighted by atomic mass is 19.3. The van der Waals surface area contributed by atoms with Crippen molar-refractivity contribution >= 4 is 11.6 Å². The van der Waals surface area contributed by atoms with Crippen LogP contribution in [0.1, 0.15) is 71.8 Å². The third kappa shape index (κ3) is 5.55. The molecule has 0 atom stereocenters. The molecule has 5 rings (SSSR count). The molecule has 0 spiro atoms. The van der Waals surface area contributed by atoms with E-state index in [1.54, 1.807) is 0 Å². The topological polar surface area (TPSA) is 68.4 Å². The Morgan fingerprint density at radius 2 is 1.84 bits per heavy atom. The first kappa shape index (κ1) is 26.6. The number of pyridine rings is 1. The van der Waals surface area contributed by atoms with Crippen LogP contribution >= 0.6 is 0 Å². The van der Waals surface area contributed by atoms with Gasteiger partial charge in [-0.3, -0.25) is 14.5 Å². The van der Waals surface area contributed by atoms with E-state index in [2.05, 4.69) is 40.3 Å². The molecule has 2 N–H and O–H groups in total. The summed E-state index contributed by atoms with van der Waals surface area (Å²) in [5.74, 6) is -2.70. The Morgan fingerprint density at radius 3 is 2.55 bits per heavy atom. The van der Waals surface area contributed by atoms with Gasteiger partial charge in [-0.1, -0.05) is 18.2 Å². The van der Waals surface area contributed by atoms with Gasteiger partial charge < -0.3 is 15.2 Å². The molecule has 2 aromatic rings. The van der Waals surface area contributed by atoms with Crippen molar-refractivity contribution < 1.29 is 13.6 Å². The Kier molecular flexibility index (Phi) is 7.70. The number of benzene rings is 1. The number of aryl methyl sites for hydroxylation is 2. The highest BCUT2D eigenvalue weighted by Crippen LogP contribution is 2.37. The number of likely N-dealkylation sites (tertiary alicyclic amines) is 1. The molecule has 2 aliphatic heterocycles. The predicted octanol–water partition coefficient (Wildman–Crippen LogP) is 4.75. The van der Waals surface area contributed by atoms with Gasteiger partial charge in [0.15, 0.2) is 0 Å². The van der Waals surface area contributed by atoms with Crippen molar-refractivity contribution in [2.45, 2.75) is 83.3 Å². The standard InChI is InChI=1S/C30H38F2N4O2/c1-3-36(23-14-12-22(13-15-23)35-18-30(31,32)19-35)27-11-7-10-25-24(27)9-6-4-5-8-21-16-20(2)34-29(38)26(21)17-33-28(25)37/h4,6-7,10-11,16,22-23H,3,5,8-9,12-15,17-19H2,1-2H3,(H,33,37)(H,34,38)/b6-4+/t22-,23+. The number of allylic oxidation sites excluding steroid dienone is 2. The number of aromatic nitrogens is 1. The number of H-pyrrole nitrogens is 1. The zero-order chi connectivity index (χ0) is 26.9. The molecule has 38 heavy (non-hydrogen) atoms. The molecule has 1 amide bonds. The van der Waals surface area contributed by atoms with Crippen molar-refractivity contribution in [1.82, 2.24) is 15.2 Å². The second-order valence-corrected chi connectivity index (χ2v) is 11.0. The minimum absolute atomic E-state index is 0.108. The number of carbonyl (C=O) groups is 1. The van der Waals surface area contributed by atoms with Crippen LogP contribution in [-0.2, 0) is 19.4 Å². The molecule has 204 valence electrons. The fraction of sp³-hybridized carbons (Fsp3) is 0.533. The fourth-order valence-corrected chi connectivity index (χ4v) is 6.46. The Morgan fingerprint density at radius 1 is 1.08 bits per heavy atom. The van der Waals surface area contributed by atoms with Crippen LogP contribution in [0.15, 0.2) is 41.2 Å². The number of rotatable bonds is 4. The smallest absolute Gasteiger partial charge is 0.272 e. The lowest BCUT2D eigenvalue weighted by Gasteiger charge is -2.47. The summed E-state index contributed by atoms with van der Waals surface area (Å²) >= 11 is 0. The lowest BCUT2D eigenvalue weighted by Crippen LogP contribution is -2.61. The molecule has 0 bridgehead atoms. The van der Waals surface area contributed by atoms with Gasteiger partial charge in [-0.15, -0.1) is 0 Å². The highest BCUT2D eigenvalue weighted by Gasteiger charge is 2.47. The molecule has 1 saturated heterocycles. The first-order chi connectivity index (χ1) is 18.3. The van der Waals surface area contributed by atoms with Crippen molar-refractivity contribution in [2.75, 3.05) is 24.5 Å². The minimum Gasteiger partial charge on any atom is -0.369 e. The number of hydrogen-bond acceptors (Lipinski definition) is 4. The van der Waals surface area contributed by atoms with Crippen LogP contribution in [0.3, 0.4) is 0 Å². The number of hydrogen-bond donors (Lipinski definition) is 2. The molecular weight excluding hydrogens is 486 g/mol. The van der Waals surface area contributed by atoms with E-state index < -0.39 is 5.92 Å². The minimum atomic E-state index is -2.52. The number of alkyl halides is 2. The van der Waals surface area contributed by atoms with Crippen LogP contribution in [0.2, 0.25) is 0 Å². The van der Waals surface area contributed by atoms with E-state index in [0.29, 0.717) is 23.6 Å². The number of aromatic amines is 1. The van der Waals surface area contributed by atoms with Crippen LogP contribution in [0.4, 0.5) is 14.5 Å². The molecular formula is C30H38F2N4O2. The summed E-state index contributed by atoms with van der Waals surface area (Å²) in [6, 6.07) is 8.44. The Balaban J connectivity index is 1.37. The first-order valence-electron chi connectivity index (χ1n) is 13.9. The molecule has 1 aromatic carbocycles. The number of nitrogens with zero attached hydrogens (tertiary/aromatic N) is 2. The molecule has 2 fully saturated rings. The van der Waals surface area contributed by atoms with E-state index in [-0.39, 0.29) is 37.1 Å². The van der Waals surface area contributed by atoms with Crippen LogP contribution in [-0.4, -0.2) is 53.4 Å². The summed E-state index contributed by atoms with van der Waals surface area (Å²) in [6.07, 6.45) is 10.2. The van der Waals surface area contributed by atoms with Crippen molar-refractivity contribution in [3.05, 3.63) is 74.7 Å². The van der Waals surface area contributed by atoms with Crippen molar-refractivity contribution in [2.24, 2.45) is 0 Å². The molecule has 1 saturated carbocycles. The van der Waals surface area contributed by atoms with Gasteiger partial charge >= 0.3 is 0 Å². The second-order valence-electron chi connectivity index (χ2n) is 11.0. The number of amides is 1. The summed E-state index contributed by atoms with van der Waals surface area (Å²) in [5.41, 5.74) is 4.95. The summed E-state index contributed by atoms with van der Waals surface area (Å²) < 4.78 is 26.8. The average molecular weight is 525 g/mol. The second kappa shape index (κ2) is 11.0. The summed E-state index contributed by atoms with van der Waals surface area (Å²) in [4.78, 5) is 33.3. The van der Waals surface area contributed by atoms with Crippen LogP contribution in [0.5, 0.6) is 0 Å². The van der Waals surface area contributed by atoms with Crippen molar-refractivity contribution in [3.8, 4) is 0 Å². The molecule has 1 aliphatic carbocycles. The lowest BCUT2D eigenvalue weighted by molar-refractivity contribution is -0.149. The van der Waals surface area contributed by atoms with Crippen LogP contribution in [0.25, 0.3) is 0 Å². The van der Waals surface area contributed by atoms with E-state index in [9.17, 15) is 18.4 Å². The van der Waals surface area contributed by atoms with Gasteiger partial charge in [0.05, 0.1) is 13.1 Å². The van der Waals surface area contributed by atoms with E-state index in [0.717, 1.165) is 67.6 Å². The van der Waals surface area contributed by atoms with E-state index >= 15 is 0 Å². The van der Waals surface area contributed by atoms with E-state index in [1.165, 1.54) is 0 Å². The summed E-state index contributed by atoms with van der Waals surface area (Å²) in [5, 5.41) is 3.01. The van der Waals surface area contributed by atoms with Gasteiger partial charge in [0.2, 0.25) is 0 Å². The maximum absolute atomic E-state index is 13.4. The van der Waals surface area contributed by atoms with Crippen LogP contribution < -0.4 is 15.8 Å². The molecule has 6 nitrogen and oxygen atoms in total. The zero-order valence-electron chi connectivity index (χ0n) is 22.4. The lowest BCUT2D eigenvalue weighted by atomic mass is 9.86. The number of nitrogens with one attached hydrogen (secondary N) is 2. The Hall–Kier alpha value is -3.00. The average Bonchev–Trinajstić information content (AvgIpc) is 2.87. The van der Waals surface area contributed by atoms with Gasteiger partial charge in [-0.25, -0.2) is 8.78 Å². The molecule has 8 heteroatoms. The van der Waals surface area contributed by atoms with Gasteiger partial charge in [0.1, 0.15) is 0 Å². The van der Waals surface area contributed by atoms with E-state index in [1.807, 2.05) is 30.0 Å². The Bertz CT molecular complexity index is 1260. The number of carbonyl (C=O) groups excluding carboxylic acids is 1. The molecule has 1 aromatic heterocycles. The normalized spacial score (nSPS) is 24.6. The fourth-order valence-electron chi connectivity index (χ4n) is 6.46. The molecule has 3 aliphatic rings. The number of anilines is 1. The van der Waals surface area contributed by atoms with Crippen LogP contribution in [0, 0.1) is 6.92 Å². The van der Waals surface area contributed by atoms with Gasteiger partial charge in [-0.2, -0.15) is 0 Å². The first-order valence-corrected chi connectivity index (χ1v) is 13.9. The number of halogens is 2. The third-order valence-electron chi connectivity index (χ3n) is 8.40.